The minimum atomic E-state index is -0.122. The fourth-order valence-corrected chi connectivity index (χ4v) is 2.22. The summed E-state index contributed by atoms with van der Waals surface area (Å²) in [5.41, 5.74) is 4.32. The number of nitrogens with zero attached hydrogens (tertiary/aromatic N) is 1. The fraction of sp³-hybridized carbons (Fsp3) is 0.263. The molecule has 0 atom stereocenters. The van der Waals surface area contributed by atoms with E-state index in [2.05, 4.69) is 5.32 Å². The number of benzene rings is 2. The molecule has 0 aliphatic rings. The van der Waals surface area contributed by atoms with Crippen molar-refractivity contribution in [3.63, 3.8) is 0 Å². The highest BCUT2D eigenvalue weighted by atomic mass is 16.2. The third-order valence-electron chi connectivity index (χ3n) is 3.70. The van der Waals surface area contributed by atoms with Crippen molar-refractivity contribution in [1.29, 1.82) is 0 Å². The van der Waals surface area contributed by atoms with Crippen LogP contribution in [0.4, 0.5) is 5.69 Å². The maximum absolute atomic E-state index is 12.4. The lowest BCUT2D eigenvalue weighted by Gasteiger charge is -2.11. The Hall–Kier alpha value is -2.62. The molecule has 23 heavy (non-hydrogen) atoms. The topological polar surface area (TPSA) is 49.4 Å². The van der Waals surface area contributed by atoms with Gasteiger partial charge in [0.1, 0.15) is 0 Å². The zero-order valence-corrected chi connectivity index (χ0v) is 14.0. The van der Waals surface area contributed by atoms with Gasteiger partial charge in [-0.2, -0.15) is 0 Å². The zero-order valence-electron chi connectivity index (χ0n) is 14.0. The van der Waals surface area contributed by atoms with Crippen LogP contribution in [0.3, 0.4) is 0 Å². The van der Waals surface area contributed by atoms with Crippen molar-refractivity contribution in [3.05, 3.63) is 64.7 Å². The van der Waals surface area contributed by atoms with Gasteiger partial charge in [-0.25, -0.2) is 0 Å². The molecule has 0 saturated heterocycles. The van der Waals surface area contributed by atoms with E-state index in [1.165, 1.54) is 0 Å². The van der Waals surface area contributed by atoms with E-state index in [0.29, 0.717) is 12.0 Å². The Morgan fingerprint density at radius 3 is 2.26 bits per heavy atom. The molecule has 0 saturated carbocycles. The maximum atomic E-state index is 12.4. The lowest BCUT2D eigenvalue weighted by atomic mass is 10.0. The van der Waals surface area contributed by atoms with Crippen LogP contribution in [0.25, 0.3) is 0 Å². The number of rotatable bonds is 4. The smallest absolute Gasteiger partial charge is 0.255 e. The summed E-state index contributed by atoms with van der Waals surface area (Å²) in [6, 6.07) is 13.2. The Bertz CT molecular complexity index is 719. The summed E-state index contributed by atoms with van der Waals surface area (Å²) >= 11 is 0. The number of carbonyl (C=O) groups excluding carboxylic acids is 2. The van der Waals surface area contributed by atoms with Gasteiger partial charge in [0.25, 0.3) is 5.91 Å². The highest BCUT2D eigenvalue weighted by Crippen LogP contribution is 2.15. The summed E-state index contributed by atoms with van der Waals surface area (Å²) in [5, 5.41) is 2.90. The van der Waals surface area contributed by atoms with Crippen molar-refractivity contribution in [1.82, 2.24) is 4.90 Å². The van der Waals surface area contributed by atoms with Crippen molar-refractivity contribution >= 4 is 17.5 Å². The Morgan fingerprint density at radius 2 is 1.65 bits per heavy atom. The van der Waals surface area contributed by atoms with E-state index in [-0.39, 0.29) is 11.8 Å². The average Bonchev–Trinajstić information content (AvgIpc) is 2.51. The molecule has 0 spiro atoms. The van der Waals surface area contributed by atoms with E-state index < -0.39 is 0 Å². The second-order valence-corrected chi connectivity index (χ2v) is 5.93. The number of anilines is 1. The number of hydrogen-bond acceptors (Lipinski definition) is 2. The Balaban J connectivity index is 2.07. The van der Waals surface area contributed by atoms with Gasteiger partial charge in [0.05, 0.1) is 6.42 Å². The van der Waals surface area contributed by atoms with Crippen LogP contribution in [0.1, 0.15) is 27.0 Å². The summed E-state index contributed by atoms with van der Waals surface area (Å²) < 4.78 is 0. The number of amides is 2. The van der Waals surface area contributed by atoms with E-state index >= 15 is 0 Å². The number of likely N-dealkylation sites (N-methyl/N-ethyl adjacent to an activating group) is 1. The van der Waals surface area contributed by atoms with Crippen LogP contribution < -0.4 is 5.32 Å². The molecule has 4 nitrogen and oxygen atoms in total. The summed E-state index contributed by atoms with van der Waals surface area (Å²) in [7, 11) is 3.47. The van der Waals surface area contributed by atoms with Crippen molar-refractivity contribution in [2.75, 3.05) is 19.4 Å². The third-order valence-corrected chi connectivity index (χ3v) is 3.70. The molecule has 0 aliphatic heterocycles. The van der Waals surface area contributed by atoms with Crippen LogP contribution in [0, 0.1) is 13.8 Å². The summed E-state index contributed by atoms with van der Waals surface area (Å²) in [5.74, 6) is -0.0690. The van der Waals surface area contributed by atoms with Gasteiger partial charge < -0.3 is 10.2 Å². The van der Waals surface area contributed by atoms with Crippen LogP contribution in [0.5, 0.6) is 0 Å². The van der Waals surface area contributed by atoms with Gasteiger partial charge in [0.2, 0.25) is 5.91 Å². The molecule has 0 unspecified atom stereocenters. The van der Waals surface area contributed by atoms with Gasteiger partial charge in [-0.15, -0.1) is 0 Å². The minimum absolute atomic E-state index is 0.0529. The lowest BCUT2D eigenvalue weighted by Crippen LogP contribution is -2.23. The van der Waals surface area contributed by atoms with Gasteiger partial charge in [0.15, 0.2) is 0 Å². The highest BCUT2D eigenvalue weighted by molar-refractivity contribution is 6.05. The highest BCUT2D eigenvalue weighted by Gasteiger charge is 2.10. The van der Waals surface area contributed by atoms with Gasteiger partial charge in [-0.3, -0.25) is 9.59 Å². The third kappa shape index (κ3) is 4.42. The van der Waals surface area contributed by atoms with E-state index in [4.69, 9.17) is 0 Å². The maximum Gasteiger partial charge on any atom is 0.255 e. The largest absolute Gasteiger partial charge is 0.349 e. The molecule has 0 heterocycles. The van der Waals surface area contributed by atoms with Crippen molar-refractivity contribution < 1.29 is 9.59 Å². The van der Waals surface area contributed by atoms with Gasteiger partial charge in [-0.1, -0.05) is 29.8 Å². The van der Waals surface area contributed by atoms with Gasteiger partial charge >= 0.3 is 0 Å². The lowest BCUT2D eigenvalue weighted by molar-refractivity contribution is -0.127. The van der Waals surface area contributed by atoms with Crippen LogP contribution in [-0.4, -0.2) is 30.8 Å². The molecule has 1 N–H and O–H groups in total. The predicted octanol–water partition coefficient (Wildman–Crippen LogP) is 3.19. The number of carbonyl (C=O) groups is 2. The molecule has 0 radical (unpaired) electrons. The summed E-state index contributed by atoms with van der Waals surface area (Å²) in [6.45, 7) is 3.89. The standard InChI is InChI=1S/C19H22N2O2/c1-13-5-6-14(2)17(11-13)19(23)20-16-9-7-15(8-10-16)12-18(22)21(3)4/h5-11H,12H2,1-4H3,(H,20,23). The molecule has 2 rings (SSSR count). The second-order valence-electron chi connectivity index (χ2n) is 5.93. The van der Waals surface area contributed by atoms with Crippen LogP contribution in [0.15, 0.2) is 42.5 Å². The molecule has 2 amide bonds. The quantitative estimate of drug-likeness (QED) is 0.943. The minimum Gasteiger partial charge on any atom is -0.349 e. The molecule has 0 aromatic heterocycles. The predicted molar refractivity (Wildman–Crippen MR) is 92.7 cm³/mol. The van der Waals surface area contributed by atoms with Crippen molar-refractivity contribution in [2.24, 2.45) is 0 Å². The van der Waals surface area contributed by atoms with E-state index in [1.54, 1.807) is 19.0 Å². The second kappa shape index (κ2) is 7.09. The van der Waals surface area contributed by atoms with E-state index in [9.17, 15) is 9.59 Å². The van der Waals surface area contributed by atoms with E-state index in [1.807, 2.05) is 56.3 Å². The van der Waals surface area contributed by atoms with Gasteiger partial charge in [0, 0.05) is 25.3 Å². The zero-order chi connectivity index (χ0) is 17.0. The number of hydrogen-bond donors (Lipinski definition) is 1. The molecule has 2 aromatic rings. The molecular formula is C19H22N2O2. The Kier molecular flexibility index (Phi) is 5.16. The van der Waals surface area contributed by atoms with E-state index in [0.717, 1.165) is 22.4 Å². The van der Waals surface area contributed by atoms with Crippen LogP contribution in [-0.2, 0) is 11.2 Å². The first-order chi connectivity index (χ1) is 10.9. The van der Waals surface area contributed by atoms with Gasteiger partial charge in [-0.05, 0) is 43.2 Å². The normalized spacial score (nSPS) is 10.3. The Morgan fingerprint density at radius 1 is 1.00 bits per heavy atom. The monoisotopic (exact) mass is 310 g/mol. The first-order valence-corrected chi connectivity index (χ1v) is 7.54. The Labute approximate surface area is 137 Å². The summed E-state index contributed by atoms with van der Waals surface area (Å²) in [4.78, 5) is 25.6. The molecular weight excluding hydrogens is 288 g/mol. The van der Waals surface area contributed by atoms with Crippen LogP contribution >= 0.6 is 0 Å². The fourth-order valence-electron chi connectivity index (χ4n) is 2.22. The van der Waals surface area contributed by atoms with Crippen molar-refractivity contribution in [3.8, 4) is 0 Å². The molecule has 4 heteroatoms. The van der Waals surface area contributed by atoms with Crippen LogP contribution in [0.2, 0.25) is 0 Å². The molecule has 0 fully saturated rings. The SMILES string of the molecule is Cc1ccc(C)c(C(=O)Nc2ccc(CC(=O)N(C)C)cc2)c1. The molecule has 0 aliphatic carbocycles. The first kappa shape index (κ1) is 16.7. The summed E-state index contributed by atoms with van der Waals surface area (Å²) in [6.07, 6.45) is 0.359. The average molecular weight is 310 g/mol. The molecule has 0 bridgehead atoms. The number of aryl methyl sites for hydroxylation is 2. The molecule has 120 valence electrons. The number of nitrogens with one attached hydrogen (secondary N) is 1. The van der Waals surface area contributed by atoms with Crippen molar-refractivity contribution in [2.45, 2.75) is 20.3 Å². The molecule has 2 aromatic carbocycles. The first-order valence-electron chi connectivity index (χ1n) is 7.54.